The third-order valence-electron chi connectivity index (χ3n) is 4.48. The maximum absolute atomic E-state index is 6.20. The summed E-state index contributed by atoms with van der Waals surface area (Å²) in [5.74, 6) is 1.45. The molecule has 0 bridgehead atoms. The van der Waals surface area contributed by atoms with Crippen LogP contribution in [0, 0.1) is 0 Å². The highest BCUT2D eigenvalue weighted by molar-refractivity contribution is 5.32. The molecule has 4 rings (SSSR count). The van der Waals surface area contributed by atoms with Crippen LogP contribution in [-0.4, -0.2) is 51.3 Å². The molecule has 1 N–H and O–H groups in total. The number of piperidine rings is 1. The van der Waals surface area contributed by atoms with E-state index in [1.807, 2.05) is 12.1 Å². The molecule has 0 aromatic carbocycles. The second kappa shape index (κ2) is 6.08. The quantitative estimate of drug-likeness (QED) is 0.920. The number of anilines is 2. The first kappa shape index (κ1) is 14.3. The van der Waals surface area contributed by atoms with Crippen molar-refractivity contribution in [2.45, 2.75) is 30.9 Å². The van der Waals surface area contributed by atoms with Crippen LogP contribution in [0.4, 0.5) is 11.9 Å². The Labute approximate surface area is 135 Å². The van der Waals surface area contributed by atoms with Crippen LogP contribution >= 0.6 is 0 Å². The third kappa shape index (κ3) is 3.10. The Morgan fingerprint density at radius 2 is 1.83 bits per heavy atom. The minimum atomic E-state index is -0.121. The molecule has 2 saturated heterocycles. The smallest absolute Gasteiger partial charge is 0.225 e. The zero-order valence-electron chi connectivity index (χ0n) is 12.9. The van der Waals surface area contributed by atoms with Gasteiger partial charge in [-0.1, -0.05) is 0 Å². The molecule has 0 unspecified atom stereocenters. The molecule has 2 aliphatic rings. The second-order valence-corrected chi connectivity index (χ2v) is 6.19. The van der Waals surface area contributed by atoms with Crippen molar-refractivity contribution in [2.24, 2.45) is 0 Å². The van der Waals surface area contributed by atoms with E-state index in [2.05, 4.69) is 30.2 Å². The molecule has 2 aliphatic heterocycles. The predicted octanol–water partition coefficient (Wildman–Crippen LogP) is 1.51. The summed E-state index contributed by atoms with van der Waals surface area (Å²) >= 11 is 0. The molecule has 0 radical (unpaired) electrons. The molecule has 7 nitrogen and oxygen atoms in total. The maximum Gasteiger partial charge on any atom is 0.225 e. The normalized spacial score (nSPS) is 27.3. The molecule has 120 valence electrons. The predicted molar refractivity (Wildman–Crippen MR) is 86.2 cm³/mol. The number of nitrogens with zero attached hydrogens (tertiary/aromatic N) is 5. The highest BCUT2D eigenvalue weighted by atomic mass is 16.5. The first-order chi connectivity index (χ1) is 11.3. The van der Waals surface area contributed by atoms with Crippen LogP contribution in [0.1, 0.15) is 19.3 Å². The van der Waals surface area contributed by atoms with Crippen LogP contribution in [0.25, 0.3) is 0 Å². The number of aromatic nitrogens is 4. The lowest BCUT2D eigenvalue weighted by molar-refractivity contribution is -0.00668. The van der Waals surface area contributed by atoms with E-state index in [9.17, 15) is 0 Å². The van der Waals surface area contributed by atoms with Gasteiger partial charge in [-0.05, 0) is 25.0 Å². The van der Waals surface area contributed by atoms with Gasteiger partial charge in [-0.2, -0.15) is 0 Å². The number of hydrogen-bond donors (Lipinski definition) is 1. The molecule has 23 heavy (non-hydrogen) atoms. The Kier molecular flexibility index (Phi) is 3.78. The van der Waals surface area contributed by atoms with Crippen molar-refractivity contribution < 1.29 is 4.74 Å². The first-order valence-electron chi connectivity index (χ1n) is 8.03. The molecule has 7 heteroatoms. The fourth-order valence-electron chi connectivity index (χ4n) is 3.50. The average molecular weight is 312 g/mol. The molecule has 1 spiro atoms. The molecule has 2 aromatic heterocycles. The van der Waals surface area contributed by atoms with Gasteiger partial charge < -0.3 is 15.0 Å². The van der Waals surface area contributed by atoms with Gasteiger partial charge in [0.1, 0.15) is 0 Å². The highest BCUT2D eigenvalue weighted by Gasteiger charge is 2.44. The van der Waals surface area contributed by atoms with Crippen molar-refractivity contribution in [3.63, 3.8) is 0 Å². The van der Waals surface area contributed by atoms with Crippen LogP contribution in [0.3, 0.4) is 0 Å². The van der Waals surface area contributed by atoms with Crippen LogP contribution in [-0.2, 0) is 4.74 Å². The van der Waals surface area contributed by atoms with Crippen molar-refractivity contribution in [2.75, 3.05) is 29.9 Å². The van der Waals surface area contributed by atoms with E-state index in [4.69, 9.17) is 4.74 Å². The van der Waals surface area contributed by atoms with Gasteiger partial charge in [0.25, 0.3) is 0 Å². The lowest BCUT2D eigenvalue weighted by Gasteiger charge is -2.39. The largest absolute Gasteiger partial charge is 0.371 e. The third-order valence-corrected chi connectivity index (χ3v) is 4.48. The zero-order valence-corrected chi connectivity index (χ0v) is 12.9. The summed E-state index contributed by atoms with van der Waals surface area (Å²) in [5.41, 5.74) is -0.121. The summed E-state index contributed by atoms with van der Waals surface area (Å²) < 4.78 is 6.20. The van der Waals surface area contributed by atoms with E-state index >= 15 is 0 Å². The number of rotatable bonds is 3. The summed E-state index contributed by atoms with van der Waals surface area (Å²) in [6.45, 7) is 2.50. The molecule has 2 fully saturated rings. The lowest BCUT2D eigenvalue weighted by atomic mass is 9.89. The lowest BCUT2D eigenvalue weighted by Crippen LogP contribution is -2.48. The van der Waals surface area contributed by atoms with Gasteiger partial charge in [-0.25, -0.2) is 19.9 Å². The summed E-state index contributed by atoms with van der Waals surface area (Å²) in [6, 6.07) is 3.90. The Hall–Kier alpha value is -2.28. The Bertz CT molecular complexity index is 640. The second-order valence-electron chi connectivity index (χ2n) is 6.19. The maximum atomic E-state index is 6.20. The van der Waals surface area contributed by atoms with Gasteiger partial charge >= 0.3 is 0 Å². The van der Waals surface area contributed by atoms with Crippen molar-refractivity contribution in [3.05, 3.63) is 36.9 Å². The van der Waals surface area contributed by atoms with Gasteiger partial charge in [0.2, 0.25) is 11.9 Å². The number of hydrogen-bond acceptors (Lipinski definition) is 7. The van der Waals surface area contributed by atoms with Crippen LogP contribution in [0.2, 0.25) is 0 Å². The molecular weight excluding hydrogens is 292 g/mol. The molecule has 4 heterocycles. The highest BCUT2D eigenvalue weighted by Crippen LogP contribution is 2.36. The minimum Gasteiger partial charge on any atom is -0.371 e. The SMILES string of the molecule is c1cnc(N[C@@H]2CO[C@]3(CCCN(c4ncccn4)C3)C2)nc1. The van der Waals surface area contributed by atoms with E-state index in [-0.39, 0.29) is 11.6 Å². The monoisotopic (exact) mass is 312 g/mol. The van der Waals surface area contributed by atoms with E-state index in [0.717, 1.165) is 38.3 Å². The van der Waals surface area contributed by atoms with Gasteiger partial charge in [0.15, 0.2) is 0 Å². The van der Waals surface area contributed by atoms with E-state index in [1.54, 1.807) is 24.8 Å². The van der Waals surface area contributed by atoms with Gasteiger partial charge in [-0.15, -0.1) is 0 Å². The summed E-state index contributed by atoms with van der Waals surface area (Å²) in [6.07, 6.45) is 10.2. The number of ether oxygens (including phenoxy) is 1. The topological polar surface area (TPSA) is 76.1 Å². The van der Waals surface area contributed by atoms with Crippen molar-refractivity contribution in [1.82, 2.24) is 19.9 Å². The van der Waals surface area contributed by atoms with Crippen LogP contribution < -0.4 is 10.2 Å². The summed E-state index contributed by atoms with van der Waals surface area (Å²) in [5, 5.41) is 3.37. The van der Waals surface area contributed by atoms with E-state index in [1.165, 1.54) is 0 Å². The standard InChI is InChI=1S/C16H20N6O/c1-4-16(12-22(9-1)15-19-7-3-8-20-15)10-13(11-23-16)21-14-17-5-2-6-18-14/h2-3,5-8,13H,1,4,9-12H2,(H,17,18,21)/t13-,16+/m0/s1. The van der Waals surface area contributed by atoms with Gasteiger partial charge in [0, 0.05) is 44.3 Å². The van der Waals surface area contributed by atoms with Crippen molar-refractivity contribution in [3.8, 4) is 0 Å². The van der Waals surface area contributed by atoms with Crippen LogP contribution in [0.15, 0.2) is 36.9 Å². The number of nitrogens with one attached hydrogen (secondary N) is 1. The van der Waals surface area contributed by atoms with E-state index < -0.39 is 0 Å². The molecule has 2 atom stereocenters. The summed E-state index contributed by atoms with van der Waals surface area (Å²) in [4.78, 5) is 19.4. The minimum absolute atomic E-state index is 0.121. The first-order valence-corrected chi connectivity index (χ1v) is 8.03. The fraction of sp³-hybridized carbons (Fsp3) is 0.500. The Morgan fingerprint density at radius 1 is 1.09 bits per heavy atom. The zero-order chi connectivity index (χ0) is 15.5. The van der Waals surface area contributed by atoms with Crippen molar-refractivity contribution >= 4 is 11.9 Å². The fourth-order valence-corrected chi connectivity index (χ4v) is 3.50. The molecule has 0 saturated carbocycles. The molecular formula is C16H20N6O. The van der Waals surface area contributed by atoms with E-state index in [0.29, 0.717) is 12.6 Å². The van der Waals surface area contributed by atoms with Crippen molar-refractivity contribution in [1.29, 1.82) is 0 Å². The Morgan fingerprint density at radius 3 is 2.61 bits per heavy atom. The van der Waals surface area contributed by atoms with Gasteiger partial charge in [-0.3, -0.25) is 0 Å². The van der Waals surface area contributed by atoms with Crippen LogP contribution in [0.5, 0.6) is 0 Å². The summed E-state index contributed by atoms with van der Waals surface area (Å²) in [7, 11) is 0. The van der Waals surface area contributed by atoms with Gasteiger partial charge in [0.05, 0.1) is 18.2 Å². The average Bonchev–Trinajstić information content (AvgIpc) is 2.98. The Balaban J connectivity index is 1.43. The molecule has 0 amide bonds. The molecule has 2 aromatic rings. The molecule has 0 aliphatic carbocycles.